The van der Waals surface area contributed by atoms with Crippen LogP contribution in [0, 0.1) is 0 Å². The van der Waals surface area contributed by atoms with Crippen LogP contribution in [0.15, 0.2) is 48.5 Å². The van der Waals surface area contributed by atoms with E-state index in [9.17, 15) is 19.2 Å². The SMILES string of the molecule is O=C(Cc1ccccc1)NCC(=O)OCC(=O)c1ccc2c(c1)NC(=O)CO2. The Morgan fingerprint density at radius 2 is 1.89 bits per heavy atom. The number of ether oxygens (including phenoxy) is 2. The Morgan fingerprint density at radius 1 is 1.11 bits per heavy atom. The molecule has 0 saturated carbocycles. The fourth-order valence-electron chi connectivity index (χ4n) is 2.55. The van der Waals surface area contributed by atoms with Crippen LogP contribution < -0.4 is 15.4 Å². The zero-order valence-corrected chi connectivity index (χ0v) is 14.9. The number of carbonyl (C=O) groups excluding carboxylic acids is 4. The number of fused-ring (bicyclic) bond motifs is 1. The van der Waals surface area contributed by atoms with E-state index in [0.717, 1.165) is 5.56 Å². The minimum absolute atomic E-state index is 0.0755. The Labute approximate surface area is 160 Å². The zero-order valence-electron chi connectivity index (χ0n) is 14.9. The van der Waals surface area contributed by atoms with Gasteiger partial charge in [0, 0.05) is 5.56 Å². The maximum absolute atomic E-state index is 12.2. The monoisotopic (exact) mass is 382 g/mol. The van der Waals surface area contributed by atoms with Gasteiger partial charge in [-0.15, -0.1) is 0 Å². The lowest BCUT2D eigenvalue weighted by molar-refractivity contribution is -0.142. The van der Waals surface area contributed by atoms with Gasteiger partial charge in [-0.25, -0.2) is 0 Å². The van der Waals surface area contributed by atoms with E-state index < -0.39 is 18.4 Å². The molecule has 2 aromatic rings. The third-order valence-corrected chi connectivity index (χ3v) is 3.94. The second kappa shape index (κ2) is 8.81. The number of nitrogens with one attached hydrogen (secondary N) is 2. The van der Waals surface area contributed by atoms with Gasteiger partial charge >= 0.3 is 5.97 Å². The van der Waals surface area contributed by atoms with Crippen LogP contribution in [0.25, 0.3) is 0 Å². The molecule has 144 valence electrons. The summed E-state index contributed by atoms with van der Waals surface area (Å²) < 4.78 is 10.1. The molecule has 0 saturated heterocycles. The average molecular weight is 382 g/mol. The Kier molecular flexibility index (Phi) is 6.01. The summed E-state index contributed by atoms with van der Waals surface area (Å²) in [5.41, 5.74) is 1.49. The number of benzene rings is 2. The summed E-state index contributed by atoms with van der Waals surface area (Å²) in [7, 11) is 0. The molecule has 0 radical (unpaired) electrons. The van der Waals surface area contributed by atoms with Gasteiger partial charge in [0.05, 0.1) is 12.1 Å². The number of amides is 2. The third-order valence-electron chi connectivity index (χ3n) is 3.94. The van der Waals surface area contributed by atoms with Crippen LogP contribution in [0.5, 0.6) is 5.75 Å². The maximum Gasteiger partial charge on any atom is 0.325 e. The van der Waals surface area contributed by atoms with Crippen molar-refractivity contribution in [3.05, 3.63) is 59.7 Å². The molecule has 3 rings (SSSR count). The first-order valence-electron chi connectivity index (χ1n) is 8.57. The van der Waals surface area contributed by atoms with Crippen LogP contribution in [-0.2, 0) is 25.5 Å². The number of Topliss-reactive ketones (excluding diaryl/α,β-unsaturated/α-hetero) is 1. The fraction of sp³-hybridized carbons (Fsp3) is 0.200. The standard InChI is InChI=1S/C20H18N2O6/c23-16(14-6-7-17-15(9-14)22-19(25)12-27-17)11-28-20(26)10-21-18(24)8-13-4-2-1-3-5-13/h1-7,9H,8,10-12H2,(H,21,24)(H,22,25). The molecule has 1 aliphatic rings. The van der Waals surface area contributed by atoms with E-state index in [-0.39, 0.29) is 37.0 Å². The highest BCUT2D eigenvalue weighted by molar-refractivity contribution is 6.01. The van der Waals surface area contributed by atoms with Gasteiger partial charge in [0.2, 0.25) is 5.91 Å². The molecule has 2 N–H and O–H groups in total. The minimum Gasteiger partial charge on any atom is -0.482 e. The van der Waals surface area contributed by atoms with E-state index in [1.807, 2.05) is 30.3 Å². The van der Waals surface area contributed by atoms with Crippen molar-refractivity contribution < 1.29 is 28.7 Å². The number of hydrogen-bond acceptors (Lipinski definition) is 6. The highest BCUT2D eigenvalue weighted by Gasteiger charge is 2.18. The smallest absolute Gasteiger partial charge is 0.325 e. The van der Waals surface area contributed by atoms with E-state index >= 15 is 0 Å². The molecule has 8 nitrogen and oxygen atoms in total. The molecular formula is C20H18N2O6. The molecular weight excluding hydrogens is 364 g/mol. The average Bonchev–Trinajstić information content (AvgIpc) is 2.70. The molecule has 2 aromatic carbocycles. The van der Waals surface area contributed by atoms with Gasteiger partial charge in [-0.05, 0) is 23.8 Å². The second-order valence-electron chi connectivity index (χ2n) is 6.07. The van der Waals surface area contributed by atoms with E-state index in [2.05, 4.69) is 10.6 Å². The summed E-state index contributed by atoms with van der Waals surface area (Å²) in [6, 6.07) is 13.7. The first-order chi connectivity index (χ1) is 13.5. The topological polar surface area (TPSA) is 111 Å². The summed E-state index contributed by atoms with van der Waals surface area (Å²) in [5, 5.41) is 5.05. The van der Waals surface area contributed by atoms with Gasteiger partial charge in [-0.2, -0.15) is 0 Å². The summed E-state index contributed by atoms with van der Waals surface area (Å²) in [6.07, 6.45) is 0.149. The van der Waals surface area contributed by atoms with Crippen molar-refractivity contribution in [1.29, 1.82) is 0 Å². The van der Waals surface area contributed by atoms with Crippen molar-refractivity contribution in [3.8, 4) is 5.75 Å². The normalized spacial score (nSPS) is 12.2. The minimum atomic E-state index is -0.718. The molecule has 1 aliphatic heterocycles. The number of ketones is 1. The predicted molar refractivity (Wildman–Crippen MR) is 99.0 cm³/mol. The number of rotatable bonds is 7. The number of anilines is 1. The molecule has 0 bridgehead atoms. The summed E-state index contributed by atoms with van der Waals surface area (Å²) in [6.45, 7) is -0.873. The molecule has 2 amide bonds. The molecule has 0 atom stereocenters. The van der Waals surface area contributed by atoms with E-state index in [0.29, 0.717) is 11.4 Å². The van der Waals surface area contributed by atoms with Crippen LogP contribution in [-0.4, -0.2) is 43.3 Å². The summed E-state index contributed by atoms with van der Waals surface area (Å²) in [4.78, 5) is 47.1. The van der Waals surface area contributed by atoms with Gasteiger partial charge in [0.1, 0.15) is 12.3 Å². The van der Waals surface area contributed by atoms with Crippen molar-refractivity contribution in [2.75, 3.05) is 25.1 Å². The van der Waals surface area contributed by atoms with Gasteiger partial charge in [0.15, 0.2) is 19.0 Å². The number of hydrogen-bond donors (Lipinski definition) is 2. The molecule has 0 unspecified atom stereocenters. The van der Waals surface area contributed by atoms with Crippen LogP contribution in [0.4, 0.5) is 5.69 Å². The number of esters is 1. The summed E-state index contributed by atoms with van der Waals surface area (Å²) >= 11 is 0. The van der Waals surface area contributed by atoms with Crippen molar-refractivity contribution in [2.45, 2.75) is 6.42 Å². The van der Waals surface area contributed by atoms with Crippen molar-refractivity contribution in [2.24, 2.45) is 0 Å². The van der Waals surface area contributed by atoms with Crippen LogP contribution in [0.3, 0.4) is 0 Å². The van der Waals surface area contributed by atoms with Crippen molar-refractivity contribution in [3.63, 3.8) is 0 Å². The van der Waals surface area contributed by atoms with Crippen LogP contribution in [0.2, 0.25) is 0 Å². The van der Waals surface area contributed by atoms with Gasteiger partial charge < -0.3 is 20.1 Å². The lowest BCUT2D eigenvalue weighted by Crippen LogP contribution is -2.32. The largest absolute Gasteiger partial charge is 0.482 e. The number of carbonyl (C=O) groups is 4. The Morgan fingerprint density at radius 3 is 2.68 bits per heavy atom. The van der Waals surface area contributed by atoms with Crippen molar-refractivity contribution >= 4 is 29.3 Å². The first kappa shape index (κ1) is 19.1. The second-order valence-corrected chi connectivity index (χ2v) is 6.07. The van der Waals surface area contributed by atoms with E-state index in [1.54, 1.807) is 6.07 Å². The Hall–Kier alpha value is -3.68. The van der Waals surface area contributed by atoms with Gasteiger partial charge in [0.25, 0.3) is 5.91 Å². The van der Waals surface area contributed by atoms with Gasteiger partial charge in [-0.1, -0.05) is 30.3 Å². The van der Waals surface area contributed by atoms with Crippen molar-refractivity contribution in [1.82, 2.24) is 5.32 Å². The molecule has 1 heterocycles. The van der Waals surface area contributed by atoms with E-state index in [4.69, 9.17) is 9.47 Å². The van der Waals surface area contributed by atoms with Gasteiger partial charge in [-0.3, -0.25) is 19.2 Å². The molecule has 0 spiro atoms. The lowest BCUT2D eigenvalue weighted by Gasteiger charge is -2.18. The summed E-state index contributed by atoms with van der Waals surface area (Å²) in [5.74, 6) is -1.32. The quantitative estimate of drug-likeness (QED) is 0.548. The van der Waals surface area contributed by atoms with E-state index in [1.165, 1.54) is 12.1 Å². The maximum atomic E-state index is 12.2. The third kappa shape index (κ3) is 5.16. The zero-order chi connectivity index (χ0) is 19.9. The molecule has 8 heteroatoms. The molecule has 0 aliphatic carbocycles. The Balaban J connectivity index is 1.44. The fourth-order valence-corrected chi connectivity index (χ4v) is 2.55. The van der Waals surface area contributed by atoms with Crippen LogP contribution >= 0.6 is 0 Å². The lowest BCUT2D eigenvalue weighted by atomic mass is 10.1. The first-order valence-corrected chi connectivity index (χ1v) is 8.57. The highest BCUT2D eigenvalue weighted by atomic mass is 16.5. The Bertz CT molecular complexity index is 910. The molecule has 0 aromatic heterocycles. The van der Waals surface area contributed by atoms with Crippen LogP contribution in [0.1, 0.15) is 15.9 Å². The predicted octanol–water partition coefficient (Wildman–Crippen LogP) is 1.10. The molecule has 28 heavy (non-hydrogen) atoms. The highest BCUT2D eigenvalue weighted by Crippen LogP contribution is 2.28. The molecule has 0 fully saturated rings.